The van der Waals surface area contributed by atoms with E-state index in [1.807, 2.05) is 6.07 Å². The van der Waals surface area contributed by atoms with Gasteiger partial charge in [-0.15, -0.1) is 0 Å². The van der Waals surface area contributed by atoms with Gasteiger partial charge in [-0.05, 0) is 11.1 Å². The van der Waals surface area contributed by atoms with E-state index in [0.29, 0.717) is 11.1 Å². The van der Waals surface area contributed by atoms with Gasteiger partial charge in [0.2, 0.25) is 20.0 Å². The van der Waals surface area contributed by atoms with Gasteiger partial charge in [0.15, 0.2) is 0 Å². The maximum atomic E-state index is 12.6. The third kappa shape index (κ3) is 5.38. The third-order valence-electron chi connectivity index (χ3n) is 4.67. The van der Waals surface area contributed by atoms with Gasteiger partial charge in [0, 0.05) is 38.3 Å². The molecule has 1 aliphatic rings. The summed E-state index contributed by atoms with van der Waals surface area (Å²) in [5, 5.41) is 10.7. The van der Waals surface area contributed by atoms with Crippen LogP contribution in [0, 0.1) is 10.1 Å². The zero-order chi connectivity index (χ0) is 21.1. The Morgan fingerprint density at radius 3 is 1.55 bits per heavy atom. The standard InChI is InChI=1S/C18H21N3O6S2/c22-21(23)18-8-6-17(7-9-18)15-29(26,27)20-12-10-19(11-13-20)28(24,25)14-16-4-2-1-3-5-16/h1-9H,10-15H2. The highest BCUT2D eigenvalue weighted by Gasteiger charge is 2.32. The first kappa shape index (κ1) is 21.4. The van der Waals surface area contributed by atoms with Crippen LogP contribution < -0.4 is 0 Å². The monoisotopic (exact) mass is 439 g/mol. The van der Waals surface area contributed by atoms with Gasteiger partial charge < -0.3 is 0 Å². The number of nitrogens with zero attached hydrogens (tertiary/aromatic N) is 3. The predicted octanol–water partition coefficient (Wildman–Crippen LogP) is 1.57. The van der Waals surface area contributed by atoms with Crippen LogP contribution >= 0.6 is 0 Å². The molecule has 11 heteroatoms. The molecule has 0 aliphatic carbocycles. The van der Waals surface area contributed by atoms with Crippen LogP contribution in [0.25, 0.3) is 0 Å². The Hall–Kier alpha value is -2.34. The first-order chi connectivity index (χ1) is 13.7. The summed E-state index contributed by atoms with van der Waals surface area (Å²) in [4.78, 5) is 10.1. The first-order valence-corrected chi connectivity index (χ1v) is 12.1. The number of hydrogen-bond acceptors (Lipinski definition) is 6. The second-order valence-electron chi connectivity index (χ2n) is 6.72. The normalized spacial score (nSPS) is 16.6. The van der Waals surface area contributed by atoms with Gasteiger partial charge in [0.1, 0.15) is 0 Å². The molecule has 1 fully saturated rings. The van der Waals surface area contributed by atoms with Crippen molar-refractivity contribution in [3.63, 3.8) is 0 Å². The minimum atomic E-state index is -3.66. The zero-order valence-electron chi connectivity index (χ0n) is 15.5. The molecule has 0 radical (unpaired) electrons. The van der Waals surface area contributed by atoms with Crippen LogP contribution in [-0.4, -0.2) is 56.5 Å². The maximum Gasteiger partial charge on any atom is 0.269 e. The van der Waals surface area contributed by atoms with Gasteiger partial charge in [0.05, 0.1) is 16.4 Å². The Balaban J connectivity index is 1.61. The topological polar surface area (TPSA) is 118 Å². The summed E-state index contributed by atoms with van der Waals surface area (Å²) in [5.74, 6) is -0.412. The molecule has 9 nitrogen and oxygen atoms in total. The summed E-state index contributed by atoms with van der Waals surface area (Å²) in [6, 6.07) is 14.2. The van der Waals surface area contributed by atoms with Crippen LogP contribution in [0.2, 0.25) is 0 Å². The van der Waals surface area contributed by atoms with Gasteiger partial charge in [-0.25, -0.2) is 16.8 Å². The van der Waals surface area contributed by atoms with Crippen molar-refractivity contribution in [1.82, 2.24) is 8.61 Å². The fourth-order valence-electron chi connectivity index (χ4n) is 3.12. The van der Waals surface area contributed by atoms with Crippen LogP contribution in [0.5, 0.6) is 0 Å². The Labute approximate surface area is 169 Å². The van der Waals surface area contributed by atoms with E-state index in [2.05, 4.69) is 0 Å². The number of nitro groups is 1. The molecule has 0 aromatic heterocycles. The number of non-ortho nitro benzene ring substituents is 1. The molecule has 0 amide bonds. The molecule has 0 N–H and O–H groups in total. The van der Waals surface area contributed by atoms with E-state index in [1.54, 1.807) is 24.3 Å². The molecule has 2 aromatic rings. The minimum Gasteiger partial charge on any atom is -0.258 e. The predicted molar refractivity (Wildman–Crippen MR) is 108 cm³/mol. The van der Waals surface area contributed by atoms with Gasteiger partial charge in [-0.2, -0.15) is 8.61 Å². The van der Waals surface area contributed by atoms with Crippen LogP contribution in [0.4, 0.5) is 5.69 Å². The highest BCUT2D eigenvalue weighted by atomic mass is 32.2. The van der Waals surface area contributed by atoms with E-state index in [4.69, 9.17) is 0 Å². The van der Waals surface area contributed by atoms with Gasteiger partial charge >= 0.3 is 0 Å². The fraction of sp³-hybridized carbons (Fsp3) is 0.333. The van der Waals surface area contributed by atoms with E-state index in [-0.39, 0.29) is 43.4 Å². The lowest BCUT2D eigenvalue weighted by Crippen LogP contribution is -2.50. The summed E-state index contributed by atoms with van der Waals surface area (Å²) in [7, 11) is -7.18. The van der Waals surface area contributed by atoms with E-state index in [0.717, 1.165) is 0 Å². The van der Waals surface area contributed by atoms with Crippen molar-refractivity contribution in [2.75, 3.05) is 26.2 Å². The van der Waals surface area contributed by atoms with Crippen LogP contribution in [0.15, 0.2) is 54.6 Å². The SMILES string of the molecule is O=[N+]([O-])c1ccc(CS(=O)(=O)N2CCN(S(=O)(=O)Cc3ccccc3)CC2)cc1. The van der Waals surface area contributed by atoms with Crippen molar-refractivity contribution in [2.45, 2.75) is 11.5 Å². The van der Waals surface area contributed by atoms with Crippen molar-refractivity contribution in [3.8, 4) is 0 Å². The average Bonchev–Trinajstić information content (AvgIpc) is 2.68. The van der Waals surface area contributed by atoms with Crippen molar-refractivity contribution in [1.29, 1.82) is 0 Å². The first-order valence-electron chi connectivity index (χ1n) is 8.90. The molecule has 1 aliphatic heterocycles. The molecule has 29 heavy (non-hydrogen) atoms. The molecule has 0 spiro atoms. The van der Waals surface area contributed by atoms with Gasteiger partial charge in [-0.3, -0.25) is 10.1 Å². The van der Waals surface area contributed by atoms with E-state index >= 15 is 0 Å². The molecular weight excluding hydrogens is 418 g/mol. The van der Waals surface area contributed by atoms with Crippen molar-refractivity contribution < 1.29 is 21.8 Å². The second-order valence-corrected chi connectivity index (χ2v) is 10.7. The van der Waals surface area contributed by atoms with E-state index < -0.39 is 25.0 Å². The Kier molecular flexibility index (Phi) is 6.32. The Morgan fingerprint density at radius 1 is 0.724 bits per heavy atom. The Bertz CT molecular complexity index is 1060. The summed E-state index contributed by atoms with van der Waals surface area (Å²) >= 11 is 0. The molecule has 0 saturated carbocycles. The number of benzene rings is 2. The van der Waals surface area contributed by atoms with Crippen molar-refractivity contribution in [3.05, 3.63) is 75.8 Å². The lowest BCUT2D eigenvalue weighted by atomic mass is 10.2. The van der Waals surface area contributed by atoms with Gasteiger partial charge in [0.25, 0.3) is 5.69 Å². The molecular formula is C18H21N3O6S2. The summed E-state index contributed by atoms with van der Waals surface area (Å²) in [6.45, 7) is 0.329. The largest absolute Gasteiger partial charge is 0.269 e. The number of rotatable bonds is 7. The van der Waals surface area contributed by atoms with Crippen LogP contribution in [-0.2, 0) is 31.6 Å². The molecule has 0 unspecified atom stereocenters. The van der Waals surface area contributed by atoms with Crippen LogP contribution in [0.3, 0.4) is 0 Å². The molecule has 1 heterocycles. The van der Waals surface area contributed by atoms with Crippen molar-refractivity contribution >= 4 is 25.7 Å². The molecule has 1 saturated heterocycles. The third-order valence-corrected chi connectivity index (χ3v) is 8.37. The Morgan fingerprint density at radius 2 is 1.14 bits per heavy atom. The number of hydrogen-bond donors (Lipinski definition) is 0. The van der Waals surface area contributed by atoms with Crippen molar-refractivity contribution in [2.24, 2.45) is 0 Å². The molecule has 2 aromatic carbocycles. The second kappa shape index (κ2) is 8.57. The fourth-order valence-corrected chi connectivity index (χ4v) is 6.15. The minimum absolute atomic E-state index is 0.0728. The number of piperazine rings is 1. The molecule has 156 valence electrons. The lowest BCUT2D eigenvalue weighted by molar-refractivity contribution is -0.384. The van der Waals surface area contributed by atoms with E-state index in [1.165, 1.54) is 32.9 Å². The molecule has 3 rings (SSSR count). The average molecular weight is 440 g/mol. The summed E-state index contributed by atoms with van der Waals surface area (Å²) in [5.41, 5.74) is 1.01. The molecule has 0 bridgehead atoms. The summed E-state index contributed by atoms with van der Waals surface area (Å²) < 4.78 is 53.1. The quantitative estimate of drug-likeness (QED) is 0.477. The smallest absolute Gasteiger partial charge is 0.258 e. The number of sulfonamides is 2. The summed E-state index contributed by atoms with van der Waals surface area (Å²) in [6.07, 6.45) is 0. The lowest BCUT2D eigenvalue weighted by Gasteiger charge is -2.33. The maximum absolute atomic E-state index is 12.6. The highest BCUT2D eigenvalue weighted by molar-refractivity contribution is 7.88. The van der Waals surface area contributed by atoms with E-state index in [9.17, 15) is 26.9 Å². The number of nitro benzene ring substituents is 1. The van der Waals surface area contributed by atoms with Crippen LogP contribution in [0.1, 0.15) is 11.1 Å². The molecule has 0 atom stereocenters. The zero-order valence-corrected chi connectivity index (χ0v) is 17.2. The highest BCUT2D eigenvalue weighted by Crippen LogP contribution is 2.19. The van der Waals surface area contributed by atoms with Gasteiger partial charge in [-0.1, -0.05) is 42.5 Å².